The van der Waals surface area contributed by atoms with Gasteiger partial charge in [0.25, 0.3) is 5.91 Å². The van der Waals surface area contributed by atoms with Crippen LogP contribution in [0.5, 0.6) is 0 Å². The minimum Gasteiger partial charge on any atom is -0.384 e. The van der Waals surface area contributed by atoms with E-state index in [1.165, 1.54) is 18.6 Å². The Hall–Kier alpha value is -2.65. The van der Waals surface area contributed by atoms with E-state index in [9.17, 15) is 4.79 Å². The van der Waals surface area contributed by atoms with Crippen molar-refractivity contribution < 1.29 is 9.90 Å². The van der Waals surface area contributed by atoms with Gasteiger partial charge in [-0.2, -0.15) is 5.10 Å². The molecule has 0 aliphatic carbocycles. The van der Waals surface area contributed by atoms with Crippen molar-refractivity contribution in [3.8, 4) is 11.8 Å². The summed E-state index contributed by atoms with van der Waals surface area (Å²) in [5.41, 5.74) is 1.54. The Kier molecular flexibility index (Phi) is 3.69. The van der Waals surface area contributed by atoms with Crippen molar-refractivity contribution in [3.05, 3.63) is 42.0 Å². The highest BCUT2D eigenvalue weighted by molar-refractivity contribution is 6.04. The van der Waals surface area contributed by atoms with Crippen LogP contribution in [0, 0.1) is 11.8 Å². The smallest absolute Gasteiger partial charge is 0.257 e. The molecule has 2 aromatic rings. The highest BCUT2D eigenvalue weighted by Gasteiger charge is 2.07. The van der Waals surface area contributed by atoms with E-state index in [-0.39, 0.29) is 12.5 Å². The zero-order chi connectivity index (χ0) is 12.8. The van der Waals surface area contributed by atoms with E-state index >= 15 is 0 Å². The highest BCUT2D eigenvalue weighted by atomic mass is 16.2. The Bertz CT molecular complexity index is 596. The summed E-state index contributed by atoms with van der Waals surface area (Å²) < 4.78 is 0. The second kappa shape index (κ2) is 5.61. The fourth-order valence-corrected chi connectivity index (χ4v) is 1.30. The molecule has 0 fully saturated rings. The molecule has 6 nitrogen and oxygen atoms in total. The number of aromatic nitrogens is 3. The number of aromatic amines is 1. The molecule has 2 rings (SSSR count). The molecule has 0 saturated heterocycles. The van der Waals surface area contributed by atoms with Crippen LogP contribution in [0.2, 0.25) is 0 Å². The number of aliphatic hydroxyl groups excluding tert-OH is 1. The average Bonchev–Trinajstić information content (AvgIpc) is 2.89. The van der Waals surface area contributed by atoms with Gasteiger partial charge < -0.3 is 10.4 Å². The fourth-order valence-electron chi connectivity index (χ4n) is 1.30. The van der Waals surface area contributed by atoms with E-state index in [2.05, 4.69) is 32.3 Å². The molecule has 0 aliphatic rings. The first kappa shape index (κ1) is 11.8. The van der Waals surface area contributed by atoms with Gasteiger partial charge in [0.15, 0.2) is 0 Å². The maximum Gasteiger partial charge on any atom is 0.257 e. The van der Waals surface area contributed by atoms with Crippen molar-refractivity contribution in [1.82, 2.24) is 15.2 Å². The fraction of sp³-hybridized carbons (Fsp3) is 0.0833. The molecule has 0 atom stereocenters. The van der Waals surface area contributed by atoms with Crippen LogP contribution < -0.4 is 5.32 Å². The van der Waals surface area contributed by atoms with Gasteiger partial charge in [-0.05, 0) is 6.07 Å². The van der Waals surface area contributed by atoms with Crippen molar-refractivity contribution in [3.63, 3.8) is 0 Å². The number of carbonyl (C=O) groups is 1. The van der Waals surface area contributed by atoms with Crippen LogP contribution in [-0.2, 0) is 0 Å². The third-order valence-corrected chi connectivity index (χ3v) is 2.07. The molecule has 0 spiro atoms. The average molecular weight is 242 g/mol. The molecule has 2 aromatic heterocycles. The van der Waals surface area contributed by atoms with Crippen molar-refractivity contribution in [1.29, 1.82) is 0 Å². The monoisotopic (exact) mass is 242 g/mol. The SMILES string of the molecule is O=C(Nc1cn[nH]c1)c1cncc(C#CCO)c1. The normalized spacial score (nSPS) is 9.39. The molecule has 0 aromatic carbocycles. The summed E-state index contributed by atoms with van der Waals surface area (Å²) in [4.78, 5) is 15.8. The zero-order valence-electron chi connectivity index (χ0n) is 9.34. The molecule has 0 unspecified atom stereocenters. The van der Waals surface area contributed by atoms with E-state index < -0.39 is 0 Å². The van der Waals surface area contributed by atoms with Crippen molar-refractivity contribution >= 4 is 11.6 Å². The molecule has 90 valence electrons. The van der Waals surface area contributed by atoms with Crippen LogP contribution in [0.4, 0.5) is 5.69 Å². The molecular formula is C12H10N4O2. The van der Waals surface area contributed by atoms with Gasteiger partial charge in [0.2, 0.25) is 0 Å². The number of aliphatic hydroxyl groups is 1. The Morgan fingerprint density at radius 1 is 1.44 bits per heavy atom. The van der Waals surface area contributed by atoms with Crippen LogP contribution in [-0.4, -0.2) is 32.8 Å². The standard InChI is InChI=1S/C12H10N4O2/c17-3-1-2-9-4-10(6-13-5-9)12(18)16-11-7-14-15-8-11/h4-8,17H,3H2,(H,14,15)(H,16,18). The molecule has 1 amide bonds. The molecule has 0 aliphatic heterocycles. The van der Waals surface area contributed by atoms with Gasteiger partial charge in [-0.25, -0.2) is 0 Å². The Labute approximate surface area is 103 Å². The first-order valence-electron chi connectivity index (χ1n) is 5.14. The molecule has 2 heterocycles. The van der Waals surface area contributed by atoms with Gasteiger partial charge in [0.05, 0.1) is 17.4 Å². The Morgan fingerprint density at radius 2 is 2.33 bits per heavy atom. The molecule has 0 bridgehead atoms. The van der Waals surface area contributed by atoms with Crippen LogP contribution >= 0.6 is 0 Å². The van der Waals surface area contributed by atoms with E-state index in [4.69, 9.17) is 5.11 Å². The van der Waals surface area contributed by atoms with E-state index in [0.29, 0.717) is 16.8 Å². The van der Waals surface area contributed by atoms with Crippen LogP contribution in [0.1, 0.15) is 15.9 Å². The minimum absolute atomic E-state index is 0.231. The summed E-state index contributed by atoms with van der Waals surface area (Å²) in [6.07, 6.45) is 6.04. The van der Waals surface area contributed by atoms with Crippen molar-refractivity contribution in [2.75, 3.05) is 11.9 Å². The highest BCUT2D eigenvalue weighted by Crippen LogP contribution is 2.07. The summed E-state index contributed by atoms with van der Waals surface area (Å²) >= 11 is 0. The van der Waals surface area contributed by atoms with Crippen LogP contribution in [0.25, 0.3) is 0 Å². The zero-order valence-corrected chi connectivity index (χ0v) is 9.34. The van der Waals surface area contributed by atoms with E-state index in [1.54, 1.807) is 12.3 Å². The van der Waals surface area contributed by atoms with E-state index in [1.807, 2.05) is 0 Å². The predicted octanol–water partition coefficient (Wildman–Crippen LogP) is 0.401. The number of carbonyl (C=O) groups excluding carboxylic acids is 1. The number of anilines is 1. The topological polar surface area (TPSA) is 90.9 Å². The van der Waals surface area contributed by atoms with Gasteiger partial charge in [0, 0.05) is 24.2 Å². The third kappa shape index (κ3) is 2.93. The number of amides is 1. The van der Waals surface area contributed by atoms with Crippen LogP contribution in [0.15, 0.2) is 30.9 Å². The second-order valence-corrected chi connectivity index (χ2v) is 3.36. The van der Waals surface area contributed by atoms with Gasteiger partial charge >= 0.3 is 0 Å². The number of rotatable bonds is 2. The Balaban J connectivity index is 2.15. The number of nitrogens with one attached hydrogen (secondary N) is 2. The first-order valence-corrected chi connectivity index (χ1v) is 5.14. The number of hydrogen-bond acceptors (Lipinski definition) is 4. The number of hydrogen-bond donors (Lipinski definition) is 3. The summed E-state index contributed by atoms with van der Waals surface area (Å²) in [6, 6.07) is 1.60. The summed E-state index contributed by atoms with van der Waals surface area (Å²) in [5, 5.41) is 17.6. The molecular weight excluding hydrogens is 232 g/mol. The van der Waals surface area contributed by atoms with Gasteiger partial charge in [-0.3, -0.25) is 14.9 Å². The largest absolute Gasteiger partial charge is 0.384 e. The summed E-state index contributed by atoms with van der Waals surface area (Å²) in [5.74, 6) is 4.89. The lowest BCUT2D eigenvalue weighted by Crippen LogP contribution is -2.11. The molecule has 18 heavy (non-hydrogen) atoms. The number of pyridine rings is 1. The summed E-state index contributed by atoms with van der Waals surface area (Å²) in [6.45, 7) is -0.231. The second-order valence-electron chi connectivity index (χ2n) is 3.36. The lowest BCUT2D eigenvalue weighted by Gasteiger charge is -2.01. The quantitative estimate of drug-likeness (QED) is 0.665. The maximum absolute atomic E-state index is 11.8. The summed E-state index contributed by atoms with van der Waals surface area (Å²) in [7, 11) is 0. The van der Waals surface area contributed by atoms with Gasteiger partial charge in [-0.1, -0.05) is 11.8 Å². The van der Waals surface area contributed by atoms with Crippen LogP contribution in [0.3, 0.4) is 0 Å². The molecule has 3 N–H and O–H groups in total. The van der Waals surface area contributed by atoms with Gasteiger partial charge in [-0.15, -0.1) is 0 Å². The predicted molar refractivity (Wildman–Crippen MR) is 64.7 cm³/mol. The molecule has 0 saturated carbocycles. The lowest BCUT2D eigenvalue weighted by molar-refractivity contribution is 0.102. The first-order chi connectivity index (χ1) is 8.79. The van der Waals surface area contributed by atoms with Crippen molar-refractivity contribution in [2.24, 2.45) is 0 Å². The van der Waals surface area contributed by atoms with Gasteiger partial charge in [0.1, 0.15) is 6.61 Å². The Morgan fingerprint density at radius 3 is 3.06 bits per heavy atom. The van der Waals surface area contributed by atoms with Crippen molar-refractivity contribution in [2.45, 2.75) is 0 Å². The lowest BCUT2D eigenvalue weighted by atomic mass is 10.2. The number of nitrogens with zero attached hydrogens (tertiary/aromatic N) is 2. The van der Waals surface area contributed by atoms with E-state index in [0.717, 1.165) is 0 Å². The molecule has 6 heteroatoms. The third-order valence-electron chi connectivity index (χ3n) is 2.07. The maximum atomic E-state index is 11.8. The number of H-pyrrole nitrogens is 1. The molecule has 0 radical (unpaired) electrons. The minimum atomic E-state index is -0.295.